The zero-order valence-corrected chi connectivity index (χ0v) is 14.4. The Labute approximate surface area is 146 Å². The third-order valence-electron chi connectivity index (χ3n) is 3.16. The zero-order valence-electron chi connectivity index (χ0n) is 12.0. The van der Waals surface area contributed by atoms with Crippen LogP contribution in [0.3, 0.4) is 0 Å². The number of aliphatic imine (C=N–C) groups is 1. The first-order chi connectivity index (χ1) is 11.1. The zero-order chi connectivity index (χ0) is 16.4. The Bertz CT molecular complexity index is 845. The van der Waals surface area contributed by atoms with Crippen LogP contribution in [0.15, 0.2) is 57.6 Å². The maximum Gasteiger partial charge on any atom is 0.363 e. The molecule has 0 atom stereocenters. The van der Waals surface area contributed by atoms with Crippen LogP contribution in [0.25, 0.3) is 6.08 Å². The van der Waals surface area contributed by atoms with Gasteiger partial charge >= 0.3 is 5.97 Å². The molecule has 1 aliphatic heterocycles. The second-order valence-electron chi connectivity index (χ2n) is 4.74. The molecular weight excluding hydrogens is 382 g/mol. The standard InChI is InChI=1S/C17H11BrClNO3/c1-22-15-6-5-11(18)9-13(15)16-20-14(17(21)23-16)8-10-3-2-4-12(19)7-10/h2-9H,1H3. The average molecular weight is 393 g/mol. The van der Waals surface area contributed by atoms with Crippen molar-refractivity contribution in [1.29, 1.82) is 0 Å². The Balaban J connectivity index is 2.00. The molecule has 116 valence electrons. The van der Waals surface area contributed by atoms with Gasteiger partial charge < -0.3 is 9.47 Å². The van der Waals surface area contributed by atoms with Crippen LogP contribution in [0.2, 0.25) is 5.02 Å². The number of carbonyl (C=O) groups is 1. The van der Waals surface area contributed by atoms with Crippen LogP contribution in [0.1, 0.15) is 11.1 Å². The predicted octanol–water partition coefficient (Wildman–Crippen LogP) is 4.46. The van der Waals surface area contributed by atoms with Gasteiger partial charge in [0.2, 0.25) is 5.90 Å². The summed E-state index contributed by atoms with van der Waals surface area (Å²) in [5.41, 5.74) is 1.59. The van der Waals surface area contributed by atoms with Gasteiger partial charge in [-0.1, -0.05) is 39.7 Å². The van der Waals surface area contributed by atoms with E-state index >= 15 is 0 Å². The number of benzene rings is 2. The summed E-state index contributed by atoms with van der Waals surface area (Å²) in [5, 5.41) is 0.587. The number of rotatable bonds is 3. The molecule has 0 aromatic heterocycles. The minimum atomic E-state index is -0.512. The summed E-state index contributed by atoms with van der Waals surface area (Å²) in [6, 6.07) is 12.5. The highest BCUT2D eigenvalue weighted by Gasteiger charge is 2.26. The Morgan fingerprint density at radius 3 is 2.83 bits per heavy atom. The first-order valence-electron chi connectivity index (χ1n) is 6.69. The minimum Gasteiger partial charge on any atom is -0.496 e. The Morgan fingerprint density at radius 1 is 1.26 bits per heavy atom. The van der Waals surface area contributed by atoms with E-state index in [1.807, 2.05) is 12.1 Å². The molecule has 0 radical (unpaired) electrons. The van der Waals surface area contributed by atoms with Crippen LogP contribution < -0.4 is 4.74 Å². The summed E-state index contributed by atoms with van der Waals surface area (Å²) in [6.45, 7) is 0. The number of ether oxygens (including phenoxy) is 2. The van der Waals surface area contributed by atoms with E-state index < -0.39 is 5.97 Å². The fraction of sp³-hybridized carbons (Fsp3) is 0.0588. The van der Waals surface area contributed by atoms with Crippen LogP contribution in [0, 0.1) is 0 Å². The molecule has 0 amide bonds. The normalized spacial score (nSPS) is 15.5. The second kappa shape index (κ2) is 6.56. The maximum atomic E-state index is 12.0. The number of hydrogen-bond acceptors (Lipinski definition) is 4. The van der Waals surface area contributed by atoms with Crippen molar-refractivity contribution in [2.45, 2.75) is 0 Å². The van der Waals surface area contributed by atoms with Crippen molar-refractivity contribution >= 4 is 45.5 Å². The molecule has 23 heavy (non-hydrogen) atoms. The fourth-order valence-electron chi connectivity index (χ4n) is 2.13. The maximum absolute atomic E-state index is 12.0. The Hall–Kier alpha value is -2.11. The van der Waals surface area contributed by atoms with Crippen molar-refractivity contribution in [2.24, 2.45) is 4.99 Å². The van der Waals surface area contributed by atoms with Gasteiger partial charge in [-0.05, 0) is 42.0 Å². The van der Waals surface area contributed by atoms with Gasteiger partial charge in [-0.3, -0.25) is 0 Å². The highest BCUT2D eigenvalue weighted by Crippen LogP contribution is 2.28. The van der Waals surface area contributed by atoms with Crippen molar-refractivity contribution in [1.82, 2.24) is 0 Å². The van der Waals surface area contributed by atoms with Gasteiger partial charge in [0.15, 0.2) is 5.70 Å². The highest BCUT2D eigenvalue weighted by molar-refractivity contribution is 9.10. The molecule has 0 unspecified atom stereocenters. The largest absolute Gasteiger partial charge is 0.496 e. The third kappa shape index (κ3) is 3.46. The predicted molar refractivity (Wildman–Crippen MR) is 92.8 cm³/mol. The molecule has 2 aromatic carbocycles. The lowest BCUT2D eigenvalue weighted by molar-refractivity contribution is -0.129. The number of hydrogen-bond donors (Lipinski definition) is 0. The fourth-order valence-corrected chi connectivity index (χ4v) is 2.69. The molecular formula is C17H11BrClNO3. The van der Waals surface area contributed by atoms with Gasteiger partial charge in [0.05, 0.1) is 12.7 Å². The SMILES string of the molecule is COc1ccc(Br)cc1C1=NC(=Cc2cccc(Cl)c2)C(=O)O1. The minimum absolute atomic E-state index is 0.210. The van der Waals surface area contributed by atoms with Crippen molar-refractivity contribution in [3.05, 3.63) is 68.8 Å². The van der Waals surface area contributed by atoms with E-state index in [1.165, 1.54) is 0 Å². The van der Waals surface area contributed by atoms with Crippen LogP contribution >= 0.6 is 27.5 Å². The monoisotopic (exact) mass is 391 g/mol. The lowest BCUT2D eigenvalue weighted by atomic mass is 10.2. The molecule has 1 aliphatic rings. The van der Waals surface area contributed by atoms with Crippen LogP contribution in [0.5, 0.6) is 5.75 Å². The molecule has 3 rings (SSSR count). The molecule has 0 saturated carbocycles. The lowest BCUT2D eigenvalue weighted by Crippen LogP contribution is -2.07. The topological polar surface area (TPSA) is 47.9 Å². The number of nitrogens with zero attached hydrogens (tertiary/aromatic N) is 1. The summed E-state index contributed by atoms with van der Waals surface area (Å²) in [6.07, 6.45) is 1.63. The lowest BCUT2D eigenvalue weighted by Gasteiger charge is -2.07. The van der Waals surface area contributed by atoms with E-state index in [4.69, 9.17) is 21.1 Å². The van der Waals surface area contributed by atoms with E-state index in [-0.39, 0.29) is 11.6 Å². The summed E-state index contributed by atoms with van der Waals surface area (Å²) < 4.78 is 11.4. The average Bonchev–Trinajstić information content (AvgIpc) is 2.88. The molecule has 1 heterocycles. The van der Waals surface area contributed by atoms with Gasteiger partial charge in [-0.15, -0.1) is 0 Å². The van der Waals surface area contributed by atoms with Crippen molar-refractivity contribution in [2.75, 3.05) is 7.11 Å². The number of halogens is 2. The molecule has 6 heteroatoms. The molecule has 4 nitrogen and oxygen atoms in total. The number of cyclic esters (lactones) is 1. The summed E-state index contributed by atoms with van der Waals surface area (Å²) in [4.78, 5) is 16.3. The van der Waals surface area contributed by atoms with E-state index in [2.05, 4.69) is 20.9 Å². The van der Waals surface area contributed by atoms with E-state index in [0.717, 1.165) is 10.0 Å². The number of methoxy groups -OCH3 is 1. The van der Waals surface area contributed by atoms with Crippen molar-refractivity contribution in [3.63, 3.8) is 0 Å². The van der Waals surface area contributed by atoms with Crippen molar-refractivity contribution < 1.29 is 14.3 Å². The first-order valence-corrected chi connectivity index (χ1v) is 7.86. The van der Waals surface area contributed by atoms with E-state index in [1.54, 1.807) is 43.5 Å². The third-order valence-corrected chi connectivity index (χ3v) is 3.89. The molecule has 2 aromatic rings. The van der Waals surface area contributed by atoms with Gasteiger partial charge in [0, 0.05) is 9.50 Å². The van der Waals surface area contributed by atoms with Crippen LogP contribution in [-0.4, -0.2) is 19.0 Å². The number of esters is 1. The van der Waals surface area contributed by atoms with Gasteiger partial charge in [-0.25, -0.2) is 9.79 Å². The molecule has 0 saturated heterocycles. The van der Waals surface area contributed by atoms with Gasteiger partial charge in [-0.2, -0.15) is 0 Å². The summed E-state index contributed by atoms with van der Waals surface area (Å²) in [5.74, 6) is 0.271. The second-order valence-corrected chi connectivity index (χ2v) is 6.09. The molecule has 0 N–H and O–H groups in total. The number of carbonyl (C=O) groups excluding carboxylic acids is 1. The Kier molecular flexibility index (Phi) is 4.50. The molecule has 0 fully saturated rings. The Morgan fingerprint density at radius 2 is 2.09 bits per heavy atom. The molecule has 0 aliphatic carbocycles. The van der Waals surface area contributed by atoms with Crippen LogP contribution in [0.4, 0.5) is 0 Å². The quantitative estimate of drug-likeness (QED) is 0.572. The van der Waals surface area contributed by atoms with E-state index in [0.29, 0.717) is 16.3 Å². The summed E-state index contributed by atoms with van der Waals surface area (Å²) in [7, 11) is 1.55. The highest BCUT2D eigenvalue weighted by atomic mass is 79.9. The smallest absolute Gasteiger partial charge is 0.363 e. The first kappa shape index (κ1) is 15.8. The summed E-state index contributed by atoms with van der Waals surface area (Å²) >= 11 is 9.33. The van der Waals surface area contributed by atoms with Crippen LogP contribution in [-0.2, 0) is 9.53 Å². The van der Waals surface area contributed by atoms with Gasteiger partial charge in [0.25, 0.3) is 0 Å². The molecule has 0 bridgehead atoms. The van der Waals surface area contributed by atoms with E-state index in [9.17, 15) is 4.79 Å². The van der Waals surface area contributed by atoms with Gasteiger partial charge in [0.1, 0.15) is 5.75 Å². The van der Waals surface area contributed by atoms with Crippen molar-refractivity contribution in [3.8, 4) is 5.75 Å². The molecule has 0 spiro atoms.